The number of rotatable bonds is 4. The molecule has 1 amide bonds. The van der Waals surface area contributed by atoms with E-state index in [0.29, 0.717) is 5.33 Å². The van der Waals surface area contributed by atoms with Crippen LogP contribution >= 0.6 is 15.9 Å². The summed E-state index contributed by atoms with van der Waals surface area (Å²) in [5.41, 5.74) is 0.175. The SMILES string of the molecule is CC(C)(C)OC(=O)N1CCN(S(=O)(=O)c2ccc(CBr)cc2)C(C(=O)O)C1. The number of halogens is 1. The van der Waals surface area contributed by atoms with Crippen molar-refractivity contribution < 1.29 is 27.9 Å². The maximum atomic E-state index is 12.9. The van der Waals surface area contributed by atoms with Crippen LogP contribution in [-0.2, 0) is 24.9 Å². The third-order valence-electron chi connectivity index (χ3n) is 3.95. The number of piperazine rings is 1. The third-order valence-corrected chi connectivity index (χ3v) is 6.52. The summed E-state index contributed by atoms with van der Waals surface area (Å²) < 4.78 is 32.0. The summed E-state index contributed by atoms with van der Waals surface area (Å²) in [6, 6.07) is 4.84. The Kier molecular flexibility index (Phi) is 6.54. The Hall–Kier alpha value is -1.65. The second kappa shape index (κ2) is 8.15. The molecular formula is C17H23BrN2O6S. The average Bonchev–Trinajstić information content (AvgIpc) is 2.59. The monoisotopic (exact) mass is 462 g/mol. The van der Waals surface area contributed by atoms with E-state index in [1.54, 1.807) is 32.9 Å². The lowest BCUT2D eigenvalue weighted by Gasteiger charge is -2.38. The van der Waals surface area contributed by atoms with Crippen LogP contribution in [0.2, 0.25) is 0 Å². The highest BCUT2D eigenvalue weighted by molar-refractivity contribution is 9.08. The molecule has 1 aromatic carbocycles. The van der Waals surface area contributed by atoms with Gasteiger partial charge in [-0.15, -0.1) is 0 Å². The second-order valence-corrected chi connectivity index (χ2v) is 9.63. The van der Waals surface area contributed by atoms with Crippen LogP contribution in [-0.4, -0.2) is 66.1 Å². The number of carboxylic acid groups (broad SMARTS) is 1. The van der Waals surface area contributed by atoms with Gasteiger partial charge >= 0.3 is 12.1 Å². The van der Waals surface area contributed by atoms with E-state index in [0.717, 1.165) is 9.87 Å². The second-order valence-electron chi connectivity index (χ2n) is 7.17. The van der Waals surface area contributed by atoms with Gasteiger partial charge in [0.25, 0.3) is 0 Å². The van der Waals surface area contributed by atoms with Gasteiger partial charge in [-0.3, -0.25) is 4.79 Å². The summed E-state index contributed by atoms with van der Waals surface area (Å²) in [7, 11) is -4.01. The largest absolute Gasteiger partial charge is 0.480 e. The molecule has 2 rings (SSSR count). The zero-order valence-electron chi connectivity index (χ0n) is 15.4. The number of sulfonamides is 1. The molecule has 1 unspecified atom stereocenters. The number of hydrogen-bond donors (Lipinski definition) is 1. The summed E-state index contributed by atoms with van der Waals surface area (Å²) in [6.07, 6.45) is -0.660. The van der Waals surface area contributed by atoms with E-state index in [1.807, 2.05) is 0 Å². The van der Waals surface area contributed by atoms with Gasteiger partial charge in [0.15, 0.2) is 0 Å². The normalized spacial score (nSPS) is 19.0. The highest BCUT2D eigenvalue weighted by Crippen LogP contribution is 2.23. The first-order valence-electron chi connectivity index (χ1n) is 8.33. The summed E-state index contributed by atoms with van der Waals surface area (Å²) in [5, 5.41) is 10.1. The van der Waals surface area contributed by atoms with Gasteiger partial charge in [-0.2, -0.15) is 4.31 Å². The predicted molar refractivity (Wildman–Crippen MR) is 102 cm³/mol. The Morgan fingerprint density at radius 1 is 1.22 bits per heavy atom. The first-order chi connectivity index (χ1) is 12.5. The molecule has 1 aromatic rings. The van der Waals surface area contributed by atoms with Crippen LogP contribution in [0.5, 0.6) is 0 Å². The van der Waals surface area contributed by atoms with Crippen LogP contribution in [0.3, 0.4) is 0 Å². The molecular weight excluding hydrogens is 440 g/mol. The first kappa shape index (κ1) is 21.6. The highest BCUT2D eigenvalue weighted by Gasteiger charge is 2.42. The third kappa shape index (κ3) is 5.20. The quantitative estimate of drug-likeness (QED) is 0.688. The number of alkyl halides is 1. The van der Waals surface area contributed by atoms with E-state index < -0.39 is 33.7 Å². The van der Waals surface area contributed by atoms with Crippen molar-refractivity contribution in [1.82, 2.24) is 9.21 Å². The van der Waals surface area contributed by atoms with Crippen LogP contribution in [0.25, 0.3) is 0 Å². The topological polar surface area (TPSA) is 104 Å². The molecule has 0 radical (unpaired) electrons. The number of carboxylic acids is 1. The fourth-order valence-electron chi connectivity index (χ4n) is 2.63. The minimum absolute atomic E-state index is 0.0177. The van der Waals surface area contributed by atoms with Crippen molar-refractivity contribution in [2.24, 2.45) is 0 Å². The van der Waals surface area contributed by atoms with Crippen molar-refractivity contribution in [3.63, 3.8) is 0 Å². The predicted octanol–water partition coefficient (Wildman–Crippen LogP) is 2.28. The Morgan fingerprint density at radius 2 is 1.81 bits per heavy atom. The minimum atomic E-state index is -4.01. The van der Waals surface area contributed by atoms with Gasteiger partial charge in [0.2, 0.25) is 10.0 Å². The maximum Gasteiger partial charge on any atom is 0.410 e. The van der Waals surface area contributed by atoms with Crippen molar-refractivity contribution in [3.8, 4) is 0 Å². The fraction of sp³-hybridized carbons (Fsp3) is 0.529. The number of benzene rings is 1. The van der Waals surface area contributed by atoms with E-state index in [-0.39, 0.29) is 24.5 Å². The summed E-state index contributed by atoms with van der Waals surface area (Å²) in [4.78, 5) is 25.2. The highest BCUT2D eigenvalue weighted by atomic mass is 79.9. The van der Waals surface area contributed by atoms with Crippen molar-refractivity contribution in [1.29, 1.82) is 0 Å². The van der Waals surface area contributed by atoms with Crippen molar-refractivity contribution in [2.75, 3.05) is 19.6 Å². The standard InChI is InChI=1S/C17H23BrN2O6S/c1-17(2,3)26-16(23)19-8-9-20(14(11-19)15(21)22)27(24,25)13-6-4-12(10-18)5-7-13/h4-7,14H,8-11H2,1-3H3,(H,21,22). The first-order valence-corrected chi connectivity index (χ1v) is 10.9. The molecule has 8 nitrogen and oxygen atoms in total. The van der Waals surface area contributed by atoms with Crippen LogP contribution in [0, 0.1) is 0 Å². The van der Waals surface area contributed by atoms with Crippen LogP contribution in [0.4, 0.5) is 4.79 Å². The molecule has 1 heterocycles. The van der Waals surface area contributed by atoms with Gasteiger partial charge in [0.05, 0.1) is 11.4 Å². The number of carbonyl (C=O) groups excluding carboxylic acids is 1. The lowest BCUT2D eigenvalue weighted by atomic mass is 10.2. The van der Waals surface area contributed by atoms with Gasteiger partial charge in [-0.1, -0.05) is 28.1 Å². The molecule has 1 saturated heterocycles. The number of hydrogen-bond acceptors (Lipinski definition) is 5. The number of aliphatic carboxylic acids is 1. The van der Waals surface area contributed by atoms with Crippen molar-refractivity contribution in [2.45, 2.75) is 42.6 Å². The molecule has 1 aliphatic heterocycles. The van der Waals surface area contributed by atoms with Gasteiger partial charge in [0, 0.05) is 18.4 Å². The number of ether oxygens (including phenoxy) is 1. The molecule has 0 bridgehead atoms. The summed E-state index contributed by atoms with van der Waals surface area (Å²) >= 11 is 3.29. The Morgan fingerprint density at radius 3 is 2.30 bits per heavy atom. The Labute approximate surface area is 167 Å². The smallest absolute Gasteiger partial charge is 0.410 e. The molecule has 1 N–H and O–H groups in total. The molecule has 1 fully saturated rings. The zero-order valence-corrected chi connectivity index (χ0v) is 17.8. The molecule has 0 saturated carbocycles. The number of amides is 1. The Balaban J connectivity index is 2.24. The van der Waals surface area contributed by atoms with E-state index in [9.17, 15) is 23.1 Å². The van der Waals surface area contributed by atoms with Crippen LogP contribution in [0.1, 0.15) is 26.3 Å². The van der Waals surface area contributed by atoms with E-state index >= 15 is 0 Å². The van der Waals surface area contributed by atoms with Crippen LogP contribution < -0.4 is 0 Å². The molecule has 27 heavy (non-hydrogen) atoms. The molecule has 1 atom stereocenters. The zero-order chi connectivity index (χ0) is 20.4. The molecule has 150 valence electrons. The Bertz CT molecular complexity index is 804. The van der Waals surface area contributed by atoms with E-state index in [2.05, 4.69) is 15.9 Å². The van der Waals surface area contributed by atoms with Gasteiger partial charge in [0.1, 0.15) is 11.6 Å². The fourth-order valence-corrected chi connectivity index (χ4v) is 4.57. The van der Waals surface area contributed by atoms with Gasteiger partial charge < -0.3 is 14.7 Å². The summed E-state index contributed by atoms with van der Waals surface area (Å²) in [6.45, 7) is 4.77. The van der Waals surface area contributed by atoms with E-state index in [1.165, 1.54) is 17.0 Å². The number of nitrogens with zero attached hydrogens (tertiary/aromatic N) is 2. The molecule has 0 spiro atoms. The maximum absolute atomic E-state index is 12.9. The number of carbonyl (C=O) groups is 2. The molecule has 0 aromatic heterocycles. The van der Waals surface area contributed by atoms with Crippen molar-refractivity contribution in [3.05, 3.63) is 29.8 Å². The van der Waals surface area contributed by atoms with Crippen molar-refractivity contribution >= 4 is 38.0 Å². The lowest BCUT2D eigenvalue weighted by Crippen LogP contribution is -2.59. The molecule has 1 aliphatic rings. The molecule has 10 heteroatoms. The van der Waals surface area contributed by atoms with E-state index in [4.69, 9.17) is 4.74 Å². The summed E-state index contributed by atoms with van der Waals surface area (Å²) in [5.74, 6) is -1.32. The van der Waals surface area contributed by atoms with Crippen LogP contribution in [0.15, 0.2) is 29.2 Å². The lowest BCUT2D eigenvalue weighted by molar-refractivity contribution is -0.143. The molecule has 0 aliphatic carbocycles. The minimum Gasteiger partial charge on any atom is -0.480 e. The average molecular weight is 463 g/mol. The van der Waals surface area contributed by atoms with Gasteiger partial charge in [-0.05, 0) is 38.5 Å². The van der Waals surface area contributed by atoms with Gasteiger partial charge in [-0.25, -0.2) is 13.2 Å².